The molecule has 58 valence electrons. The molecule has 1 rings (SSSR count). The predicted octanol–water partition coefficient (Wildman–Crippen LogP) is 0.649. The molecule has 0 spiro atoms. The molecular formula is C6H5BrN2O2. The lowest BCUT2D eigenvalue weighted by molar-refractivity contribution is 0.0992. The molecule has 1 aromatic heterocycles. The summed E-state index contributed by atoms with van der Waals surface area (Å²) in [6, 6.07) is 2.86. The molecule has 0 unspecified atom stereocenters. The number of primary amides is 1. The van der Waals surface area contributed by atoms with Gasteiger partial charge in [0.05, 0.1) is 0 Å². The molecule has 0 aliphatic heterocycles. The molecule has 0 radical (unpaired) electrons. The summed E-state index contributed by atoms with van der Waals surface area (Å²) >= 11 is 3.03. The summed E-state index contributed by atoms with van der Waals surface area (Å²) < 4.78 is 0.462. The molecule has 0 saturated heterocycles. The van der Waals surface area contributed by atoms with Gasteiger partial charge in [-0.25, -0.2) is 4.98 Å². The number of carbonyl (C=O) groups is 1. The van der Waals surface area contributed by atoms with Crippen molar-refractivity contribution in [2.24, 2.45) is 5.73 Å². The summed E-state index contributed by atoms with van der Waals surface area (Å²) in [7, 11) is 0. The lowest BCUT2D eigenvalue weighted by Crippen LogP contribution is -2.13. The van der Waals surface area contributed by atoms with Gasteiger partial charge in [0, 0.05) is 0 Å². The van der Waals surface area contributed by atoms with Gasteiger partial charge in [-0.3, -0.25) is 4.79 Å². The highest BCUT2D eigenvalue weighted by Crippen LogP contribution is 2.16. The number of nitrogens with zero attached hydrogens (tertiary/aromatic N) is 1. The molecule has 0 fully saturated rings. The van der Waals surface area contributed by atoms with Gasteiger partial charge < -0.3 is 10.8 Å². The van der Waals surface area contributed by atoms with Crippen LogP contribution in [-0.4, -0.2) is 16.0 Å². The van der Waals surface area contributed by atoms with Crippen molar-refractivity contribution < 1.29 is 9.90 Å². The fourth-order valence-corrected chi connectivity index (χ4v) is 0.919. The lowest BCUT2D eigenvalue weighted by atomic mass is 10.3. The summed E-state index contributed by atoms with van der Waals surface area (Å²) in [6.07, 6.45) is 0. The minimum atomic E-state index is -0.746. The molecular weight excluding hydrogens is 212 g/mol. The van der Waals surface area contributed by atoms with Crippen LogP contribution in [0.4, 0.5) is 0 Å². The number of carbonyl (C=O) groups excluding carboxylic acids is 1. The predicted molar refractivity (Wildman–Crippen MR) is 42.1 cm³/mol. The van der Waals surface area contributed by atoms with Gasteiger partial charge in [-0.15, -0.1) is 0 Å². The Morgan fingerprint density at radius 1 is 1.64 bits per heavy atom. The highest BCUT2D eigenvalue weighted by Gasteiger charge is 2.08. The zero-order valence-electron chi connectivity index (χ0n) is 5.41. The van der Waals surface area contributed by atoms with Crippen LogP contribution in [0.1, 0.15) is 10.5 Å². The van der Waals surface area contributed by atoms with E-state index in [0.717, 1.165) is 0 Å². The minimum absolute atomic E-state index is 0.126. The Labute approximate surface area is 71.2 Å². The third-order valence-corrected chi connectivity index (χ3v) is 1.52. The van der Waals surface area contributed by atoms with Crippen molar-refractivity contribution in [3.8, 4) is 5.75 Å². The van der Waals surface area contributed by atoms with Crippen molar-refractivity contribution >= 4 is 21.8 Å². The number of hydrogen-bond donors (Lipinski definition) is 2. The average Bonchev–Trinajstić information content (AvgIpc) is 1.94. The van der Waals surface area contributed by atoms with E-state index in [1.165, 1.54) is 12.1 Å². The van der Waals surface area contributed by atoms with E-state index in [-0.39, 0.29) is 11.4 Å². The summed E-state index contributed by atoms with van der Waals surface area (Å²) in [5.41, 5.74) is 4.78. The number of aromatic nitrogens is 1. The van der Waals surface area contributed by atoms with E-state index in [2.05, 4.69) is 20.9 Å². The molecule has 0 aliphatic rings. The second kappa shape index (κ2) is 2.87. The van der Waals surface area contributed by atoms with Crippen LogP contribution < -0.4 is 5.73 Å². The molecule has 11 heavy (non-hydrogen) atoms. The van der Waals surface area contributed by atoms with Gasteiger partial charge in [0.25, 0.3) is 5.91 Å². The lowest BCUT2D eigenvalue weighted by Gasteiger charge is -1.97. The smallest absolute Gasteiger partial charge is 0.271 e. The molecule has 1 aromatic rings. The minimum Gasteiger partial charge on any atom is -0.505 e. The molecule has 4 nitrogen and oxygen atoms in total. The van der Waals surface area contributed by atoms with Gasteiger partial charge >= 0.3 is 0 Å². The fourth-order valence-electron chi connectivity index (χ4n) is 0.609. The van der Waals surface area contributed by atoms with Crippen molar-refractivity contribution in [3.05, 3.63) is 22.4 Å². The van der Waals surface area contributed by atoms with Crippen LogP contribution in [0.25, 0.3) is 0 Å². The van der Waals surface area contributed by atoms with Gasteiger partial charge in [0.15, 0.2) is 5.69 Å². The third-order valence-electron chi connectivity index (χ3n) is 1.07. The maximum Gasteiger partial charge on any atom is 0.271 e. The highest BCUT2D eigenvalue weighted by atomic mass is 79.9. The van der Waals surface area contributed by atoms with E-state index in [1.54, 1.807) is 0 Å². The Kier molecular flexibility index (Phi) is 2.09. The van der Waals surface area contributed by atoms with Crippen molar-refractivity contribution in [1.82, 2.24) is 4.98 Å². The number of hydrogen-bond acceptors (Lipinski definition) is 3. The monoisotopic (exact) mass is 216 g/mol. The van der Waals surface area contributed by atoms with Crippen LogP contribution in [-0.2, 0) is 0 Å². The topological polar surface area (TPSA) is 76.2 Å². The number of nitrogens with two attached hydrogens (primary N) is 1. The van der Waals surface area contributed by atoms with Crippen LogP contribution in [0.15, 0.2) is 16.7 Å². The molecule has 0 bridgehead atoms. The van der Waals surface area contributed by atoms with E-state index in [9.17, 15) is 4.79 Å². The Bertz CT molecular complexity index is 301. The van der Waals surface area contributed by atoms with Gasteiger partial charge in [0.2, 0.25) is 0 Å². The maximum absolute atomic E-state index is 10.6. The number of rotatable bonds is 1. The Balaban J connectivity index is 3.23. The molecule has 0 aliphatic carbocycles. The van der Waals surface area contributed by atoms with Gasteiger partial charge in [0.1, 0.15) is 10.4 Å². The first-order valence-electron chi connectivity index (χ1n) is 2.76. The molecule has 0 aromatic carbocycles. The van der Waals surface area contributed by atoms with E-state index in [0.29, 0.717) is 4.60 Å². The van der Waals surface area contributed by atoms with Crippen LogP contribution in [0.3, 0.4) is 0 Å². The van der Waals surface area contributed by atoms with Crippen LogP contribution in [0.2, 0.25) is 0 Å². The van der Waals surface area contributed by atoms with Crippen molar-refractivity contribution in [2.45, 2.75) is 0 Å². The SMILES string of the molecule is NC(=O)c1nc(Br)ccc1O. The Morgan fingerprint density at radius 2 is 2.27 bits per heavy atom. The summed E-state index contributed by atoms with van der Waals surface area (Å²) in [5.74, 6) is -0.954. The highest BCUT2D eigenvalue weighted by molar-refractivity contribution is 9.10. The van der Waals surface area contributed by atoms with Crippen molar-refractivity contribution in [1.29, 1.82) is 0 Å². The van der Waals surface area contributed by atoms with Gasteiger partial charge in [-0.1, -0.05) is 0 Å². The van der Waals surface area contributed by atoms with Crippen molar-refractivity contribution in [2.75, 3.05) is 0 Å². The summed E-state index contributed by atoms with van der Waals surface area (Å²) in [5, 5.41) is 9.02. The normalized spacial score (nSPS) is 9.55. The number of amides is 1. The molecule has 1 amide bonds. The van der Waals surface area contributed by atoms with Gasteiger partial charge in [-0.2, -0.15) is 0 Å². The fraction of sp³-hybridized carbons (Fsp3) is 0. The van der Waals surface area contributed by atoms with E-state index in [1.807, 2.05) is 0 Å². The molecule has 0 atom stereocenters. The standard InChI is InChI=1S/C6H5BrN2O2/c7-4-2-1-3(10)5(9-4)6(8)11/h1-2,10H,(H2,8,11). The van der Waals surface area contributed by atoms with Crippen LogP contribution in [0.5, 0.6) is 5.75 Å². The average molecular weight is 217 g/mol. The van der Waals surface area contributed by atoms with E-state index < -0.39 is 5.91 Å². The first-order chi connectivity index (χ1) is 5.11. The largest absolute Gasteiger partial charge is 0.505 e. The van der Waals surface area contributed by atoms with Crippen molar-refractivity contribution in [3.63, 3.8) is 0 Å². The van der Waals surface area contributed by atoms with Crippen LogP contribution in [0, 0.1) is 0 Å². The first kappa shape index (κ1) is 8.00. The summed E-state index contributed by atoms with van der Waals surface area (Å²) in [6.45, 7) is 0. The van der Waals surface area contributed by atoms with Gasteiger partial charge in [-0.05, 0) is 28.1 Å². The molecule has 5 heteroatoms. The molecule has 3 N–H and O–H groups in total. The van der Waals surface area contributed by atoms with Crippen LogP contribution >= 0.6 is 15.9 Å². The number of aromatic hydroxyl groups is 1. The Hall–Kier alpha value is -1.10. The third kappa shape index (κ3) is 1.68. The first-order valence-corrected chi connectivity index (χ1v) is 3.56. The second-order valence-electron chi connectivity index (χ2n) is 1.87. The van der Waals surface area contributed by atoms with E-state index >= 15 is 0 Å². The molecule has 1 heterocycles. The Morgan fingerprint density at radius 3 is 2.73 bits per heavy atom. The maximum atomic E-state index is 10.6. The zero-order valence-corrected chi connectivity index (χ0v) is 7.00. The number of halogens is 1. The van der Waals surface area contributed by atoms with E-state index in [4.69, 9.17) is 10.8 Å². The summed E-state index contributed by atoms with van der Waals surface area (Å²) in [4.78, 5) is 14.2. The quantitative estimate of drug-likeness (QED) is 0.678. The second-order valence-corrected chi connectivity index (χ2v) is 2.68. The molecule has 0 saturated carbocycles. The zero-order chi connectivity index (χ0) is 8.43. The number of pyridine rings is 1.